The van der Waals surface area contributed by atoms with E-state index in [2.05, 4.69) is 5.32 Å². The third kappa shape index (κ3) is 1.38. The summed E-state index contributed by atoms with van der Waals surface area (Å²) in [6.07, 6.45) is 0.889. The summed E-state index contributed by atoms with van der Waals surface area (Å²) in [7, 11) is 1.49. The summed E-state index contributed by atoms with van der Waals surface area (Å²) < 4.78 is 18.8. The van der Waals surface area contributed by atoms with Crippen molar-refractivity contribution in [2.75, 3.05) is 13.7 Å². The van der Waals surface area contributed by atoms with Crippen LogP contribution in [0.15, 0.2) is 12.1 Å². The highest BCUT2D eigenvalue weighted by molar-refractivity contribution is 5.40. The van der Waals surface area contributed by atoms with Crippen LogP contribution in [0.2, 0.25) is 0 Å². The number of ether oxygens (including phenoxy) is 1. The first kappa shape index (κ1) is 9.46. The summed E-state index contributed by atoms with van der Waals surface area (Å²) in [5, 5.41) is 3.23. The number of nitrogens with one attached hydrogen (secondary N) is 1. The molecule has 3 heteroatoms. The average Bonchev–Trinajstić information content (AvgIpc) is 2.18. The monoisotopic (exact) mass is 195 g/mol. The molecule has 76 valence electrons. The SMILES string of the molecule is COc1ccc2c(c1F)C(C)NCC2. The van der Waals surface area contributed by atoms with Crippen molar-refractivity contribution in [2.45, 2.75) is 19.4 Å². The van der Waals surface area contributed by atoms with Gasteiger partial charge in [-0.1, -0.05) is 6.07 Å². The molecule has 1 heterocycles. The van der Waals surface area contributed by atoms with Crippen molar-refractivity contribution in [3.63, 3.8) is 0 Å². The van der Waals surface area contributed by atoms with Crippen LogP contribution in [-0.2, 0) is 6.42 Å². The second-order valence-electron chi connectivity index (χ2n) is 3.58. The minimum Gasteiger partial charge on any atom is -0.494 e. The Balaban J connectivity index is 2.54. The van der Waals surface area contributed by atoms with Crippen molar-refractivity contribution in [1.29, 1.82) is 0 Å². The van der Waals surface area contributed by atoms with Crippen LogP contribution >= 0.6 is 0 Å². The average molecular weight is 195 g/mol. The lowest BCUT2D eigenvalue weighted by Crippen LogP contribution is -2.28. The van der Waals surface area contributed by atoms with Gasteiger partial charge in [0.15, 0.2) is 11.6 Å². The van der Waals surface area contributed by atoms with Gasteiger partial charge in [0.25, 0.3) is 0 Å². The molecule has 1 aliphatic rings. The van der Waals surface area contributed by atoms with Gasteiger partial charge >= 0.3 is 0 Å². The van der Waals surface area contributed by atoms with Crippen LogP contribution in [0.3, 0.4) is 0 Å². The third-order valence-corrected chi connectivity index (χ3v) is 2.73. The standard InChI is InChI=1S/C11H14FNO/c1-7-10-8(5-6-13-7)3-4-9(14-2)11(10)12/h3-4,7,13H,5-6H2,1-2H3. The first-order chi connectivity index (χ1) is 6.74. The number of rotatable bonds is 1. The van der Waals surface area contributed by atoms with Gasteiger partial charge in [0.2, 0.25) is 0 Å². The number of hydrogen-bond acceptors (Lipinski definition) is 2. The maximum Gasteiger partial charge on any atom is 0.170 e. The maximum absolute atomic E-state index is 13.8. The first-order valence-electron chi connectivity index (χ1n) is 4.82. The molecule has 0 amide bonds. The Bertz CT molecular complexity index is 351. The summed E-state index contributed by atoms with van der Waals surface area (Å²) in [4.78, 5) is 0. The molecule has 0 fully saturated rings. The molecule has 0 spiro atoms. The zero-order valence-electron chi connectivity index (χ0n) is 8.43. The van der Waals surface area contributed by atoms with E-state index < -0.39 is 0 Å². The molecule has 1 aromatic carbocycles. The number of benzene rings is 1. The Kier molecular flexibility index (Phi) is 2.42. The van der Waals surface area contributed by atoms with Gasteiger partial charge in [0, 0.05) is 11.6 Å². The molecular formula is C11H14FNO. The minimum absolute atomic E-state index is 0.0776. The summed E-state index contributed by atoms with van der Waals surface area (Å²) in [6, 6.07) is 3.73. The van der Waals surface area contributed by atoms with Crippen LogP contribution in [0.5, 0.6) is 5.75 Å². The Morgan fingerprint density at radius 3 is 3.00 bits per heavy atom. The van der Waals surface area contributed by atoms with E-state index in [0.717, 1.165) is 24.1 Å². The van der Waals surface area contributed by atoms with Crippen molar-refractivity contribution in [3.8, 4) is 5.75 Å². The fourth-order valence-electron chi connectivity index (χ4n) is 1.98. The molecule has 0 saturated carbocycles. The molecule has 1 aromatic rings. The van der Waals surface area contributed by atoms with Crippen LogP contribution in [0.25, 0.3) is 0 Å². The molecule has 14 heavy (non-hydrogen) atoms. The quantitative estimate of drug-likeness (QED) is 0.740. The fourth-order valence-corrected chi connectivity index (χ4v) is 1.98. The number of halogens is 1. The van der Waals surface area contributed by atoms with Crippen molar-refractivity contribution >= 4 is 0 Å². The lowest BCUT2D eigenvalue weighted by Gasteiger charge is -2.24. The summed E-state index contributed by atoms with van der Waals surface area (Å²) in [5.74, 6) is 0.115. The number of hydrogen-bond donors (Lipinski definition) is 1. The van der Waals surface area contributed by atoms with Gasteiger partial charge in [0.1, 0.15) is 0 Å². The van der Waals surface area contributed by atoms with Gasteiger partial charge in [-0.2, -0.15) is 0 Å². The van der Waals surface area contributed by atoms with Crippen LogP contribution in [-0.4, -0.2) is 13.7 Å². The van der Waals surface area contributed by atoms with E-state index >= 15 is 0 Å². The molecule has 0 aromatic heterocycles. The molecule has 1 aliphatic heterocycles. The Morgan fingerprint density at radius 2 is 2.29 bits per heavy atom. The molecule has 1 atom stereocenters. The fraction of sp³-hybridized carbons (Fsp3) is 0.455. The molecule has 2 nitrogen and oxygen atoms in total. The first-order valence-corrected chi connectivity index (χ1v) is 4.82. The van der Waals surface area contributed by atoms with Gasteiger partial charge in [0.05, 0.1) is 7.11 Å². The lowest BCUT2D eigenvalue weighted by molar-refractivity contribution is 0.377. The van der Waals surface area contributed by atoms with Gasteiger partial charge < -0.3 is 10.1 Å². The van der Waals surface area contributed by atoms with Crippen LogP contribution in [0.4, 0.5) is 4.39 Å². The Morgan fingerprint density at radius 1 is 1.50 bits per heavy atom. The number of methoxy groups -OCH3 is 1. The number of fused-ring (bicyclic) bond motifs is 1. The van der Waals surface area contributed by atoms with E-state index in [-0.39, 0.29) is 11.9 Å². The highest BCUT2D eigenvalue weighted by Gasteiger charge is 2.21. The molecule has 2 rings (SSSR count). The molecule has 0 aliphatic carbocycles. The predicted molar refractivity (Wildman–Crippen MR) is 53.1 cm³/mol. The molecule has 1 N–H and O–H groups in total. The van der Waals surface area contributed by atoms with Crippen LogP contribution < -0.4 is 10.1 Å². The van der Waals surface area contributed by atoms with E-state index in [4.69, 9.17) is 4.74 Å². The summed E-state index contributed by atoms with van der Waals surface area (Å²) >= 11 is 0. The smallest absolute Gasteiger partial charge is 0.170 e. The second-order valence-corrected chi connectivity index (χ2v) is 3.58. The Labute approximate surface area is 83.1 Å². The molecule has 0 radical (unpaired) electrons. The van der Waals surface area contributed by atoms with Gasteiger partial charge in [-0.25, -0.2) is 4.39 Å². The van der Waals surface area contributed by atoms with E-state index in [9.17, 15) is 4.39 Å². The summed E-state index contributed by atoms with van der Waals surface area (Å²) in [5.41, 5.74) is 1.85. The summed E-state index contributed by atoms with van der Waals surface area (Å²) in [6.45, 7) is 2.89. The van der Waals surface area contributed by atoms with Crippen LogP contribution in [0.1, 0.15) is 24.1 Å². The van der Waals surface area contributed by atoms with E-state index in [0.29, 0.717) is 5.75 Å². The molecule has 0 saturated heterocycles. The molecule has 1 unspecified atom stereocenters. The normalized spacial score (nSPS) is 20.4. The third-order valence-electron chi connectivity index (χ3n) is 2.73. The molecular weight excluding hydrogens is 181 g/mol. The Hall–Kier alpha value is -1.09. The molecule has 0 bridgehead atoms. The van der Waals surface area contributed by atoms with Crippen molar-refractivity contribution < 1.29 is 9.13 Å². The minimum atomic E-state index is -0.218. The highest BCUT2D eigenvalue weighted by Crippen LogP contribution is 2.30. The topological polar surface area (TPSA) is 21.3 Å². The van der Waals surface area contributed by atoms with Crippen molar-refractivity contribution in [1.82, 2.24) is 5.32 Å². The van der Waals surface area contributed by atoms with Crippen molar-refractivity contribution in [3.05, 3.63) is 29.1 Å². The van der Waals surface area contributed by atoms with E-state index in [1.165, 1.54) is 7.11 Å². The predicted octanol–water partition coefficient (Wildman–Crippen LogP) is 2.04. The van der Waals surface area contributed by atoms with Gasteiger partial charge in [-0.3, -0.25) is 0 Å². The zero-order chi connectivity index (χ0) is 10.1. The maximum atomic E-state index is 13.8. The van der Waals surface area contributed by atoms with Gasteiger partial charge in [-0.15, -0.1) is 0 Å². The lowest BCUT2D eigenvalue weighted by atomic mass is 9.94. The van der Waals surface area contributed by atoms with Crippen LogP contribution in [0, 0.1) is 5.82 Å². The van der Waals surface area contributed by atoms with Crippen molar-refractivity contribution in [2.24, 2.45) is 0 Å². The zero-order valence-corrected chi connectivity index (χ0v) is 8.43. The largest absolute Gasteiger partial charge is 0.494 e. The van der Waals surface area contributed by atoms with Gasteiger partial charge in [-0.05, 0) is 31.5 Å². The second kappa shape index (κ2) is 3.58. The highest BCUT2D eigenvalue weighted by atomic mass is 19.1. The van der Waals surface area contributed by atoms with E-state index in [1.54, 1.807) is 6.07 Å². The van der Waals surface area contributed by atoms with E-state index in [1.807, 2.05) is 13.0 Å².